The van der Waals surface area contributed by atoms with E-state index in [0.717, 1.165) is 5.57 Å². The van der Waals surface area contributed by atoms with E-state index in [-0.39, 0.29) is 41.2 Å². The number of likely N-dealkylation sites (N-methyl/N-ethyl adjacent to an activating group) is 1. The van der Waals surface area contributed by atoms with Crippen molar-refractivity contribution in [1.29, 1.82) is 0 Å². The van der Waals surface area contributed by atoms with Gasteiger partial charge in [0.1, 0.15) is 4.32 Å². The molecule has 1 saturated heterocycles. The van der Waals surface area contributed by atoms with Gasteiger partial charge in [0.2, 0.25) is 0 Å². The van der Waals surface area contributed by atoms with Gasteiger partial charge in [-0.3, -0.25) is 14.2 Å². The number of unbranched alkanes of at least 4 members (excludes halogenated alkanes) is 1. The van der Waals surface area contributed by atoms with Gasteiger partial charge in [-0.15, -0.1) is 0 Å². The third-order valence-electron chi connectivity index (χ3n) is 3.39. The minimum Gasteiger partial charge on any atom is -0.354 e. The molecule has 2 rings (SSSR count). The first kappa shape index (κ1) is 21.9. The molecule has 0 aromatic rings. The van der Waals surface area contributed by atoms with Crippen molar-refractivity contribution >= 4 is 73.9 Å². The van der Waals surface area contributed by atoms with E-state index in [1.807, 2.05) is 36.4 Å². The Balaban J connectivity index is 0.00000288. The van der Waals surface area contributed by atoms with E-state index in [4.69, 9.17) is 16.8 Å². The van der Waals surface area contributed by atoms with Crippen molar-refractivity contribution in [3.8, 4) is 0 Å². The molecule has 2 heterocycles. The number of rotatable bonds is 6. The Labute approximate surface area is 174 Å². The molecule has 0 aromatic heterocycles. The second-order valence-corrected chi connectivity index (χ2v) is 8.28. The predicted octanol–water partition coefficient (Wildman–Crippen LogP) is 1.75. The molecule has 0 spiro atoms. The standard InChI is InChI=1S/C14H18N2O4S3.Na/c1-2-16-13(17)12(22-14(16)21)11-5-8-15(9-6-11)7-3-4-10-23(18,19)20;/h5-6,8-9H,2-4,7,10H2,1H3,(H,18,19,20);. The minimum absolute atomic E-state index is 0. The maximum absolute atomic E-state index is 12.2. The van der Waals surface area contributed by atoms with Crippen molar-refractivity contribution in [3.63, 3.8) is 0 Å². The number of thiocarbonyl (C=S) groups is 1. The van der Waals surface area contributed by atoms with Crippen LogP contribution in [0.2, 0.25) is 0 Å². The number of hydrogen-bond donors (Lipinski definition) is 1. The van der Waals surface area contributed by atoms with Gasteiger partial charge in [-0.25, -0.2) is 0 Å². The molecule has 0 saturated carbocycles. The van der Waals surface area contributed by atoms with E-state index in [0.29, 0.717) is 35.2 Å². The van der Waals surface area contributed by atoms with Crippen molar-refractivity contribution in [2.45, 2.75) is 19.8 Å². The maximum atomic E-state index is 12.2. The summed E-state index contributed by atoms with van der Waals surface area (Å²) in [6, 6.07) is 0. The zero-order valence-corrected chi connectivity index (χ0v) is 18.1. The van der Waals surface area contributed by atoms with Crippen LogP contribution in [-0.2, 0) is 14.9 Å². The molecule has 0 bridgehead atoms. The summed E-state index contributed by atoms with van der Waals surface area (Å²) in [5.74, 6) is -0.285. The summed E-state index contributed by atoms with van der Waals surface area (Å²) in [7, 11) is -3.89. The van der Waals surface area contributed by atoms with Gasteiger partial charge in [0.05, 0.1) is 10.7 Å². The first-order chi connectivity index (χ1) is 10.8. The first-order valence-corrected chi connectivity index (χ1v) is 10.0. The molecule has 0 atom stereocenters. The molecule has 2 aliphatic rings. The van der Waals surface area contributed by atoms with Crippen molar-refractivity contribution in [2.24, 2.45) is 0 Å². The van der Waals surface area contributed by atoms with Crippen LogP contribution in [0.5, 0.6) is 0 Å². The molecule has 1 radical (unpaired) electrons. The van der Waals surface area contributed by atoms with E-state index in [9.17, 15) is 13.2 Å². The van der Waals surface area contributed by atoms with Crippen molar-refractivity contribution < 1.29 is 17.8 Å². The molecule has 1 fully saturated rings. The van der Waals surface area contributed by atoms with Gasteiger partial charge in [-0.1, -0.05) is 24.0 Å². The van der Waals surface area contributed by atoms with Crippen molar-refractivity contribution in [2.75, 3.05) is 18.8 Å². The number of thioether (sulfide) groups is 1. The average molecular weight is 397 g/mol. The second-order valence-electron chi connectivity index (χ2n) is 5.06. The third-order valence-corrected chi connectivity index (χ3v) is 5.67. The predicted molar refractivity (Wildman–Crippen MR) is 101 cm³/mol. The van der Waals surface area contributed by atoms with Gasteiger partial charge < -0.3 is 4.90 Å². The Kier molecular flexibility index (Phi) is 8.67. The number of carbonyl (C=O) groups is 1. The van der Waals surface area contributed by atoms with Crippen LogP contribution in [0.15, 0.2) is 35.0 Å². The summed E-state index contributed by atoms with van der Waals surface area (Å²) in [5.41, 5.74) is 0.826. The van der Waals surface area contributed by atoms with E-state index in [2.05, 4.69) is 0 Å². The number of hydrogen-bond acceptors (Lipinski definition) is 6. The fraction of sp³-hybridized carbons (Fsp3) is 0.429. The van der Waals surface area contributed by atoms with Crippen molar-refractivity contribution in [1.82, 2.24) is 9.80 Å². The number of amides is 1. The van der Waals surface area contributed by atoms with Crippen molar-refractivity contribution in [3.05, 3.63) is 35.0 Å². The van der Waals surface area contributed by atoms with Crippen LogP contribution in [0.1, 0.15) is 19.8 Å². The number of nitrogens with zero attached hydrogens (tertiary/aromatic N) is 2. The van der Waals surface area contributed by atoms with Gasteiger partial charge >= 0.3 is 0 Å². The third kappa shape index (κ3) is 5.98. The summed E-state index contributed by atoms with van der Waals surface area (Å²) in [4.78, 5) is 16.4. The molecule has 10 heteroatoms. The second kappa shape index (κ2) is 9.51. The first-order valence-electron chi connectivity index (χ1n) is 7.17. The van der Waals surface area contributed by atoms with Gasteiger partial charge in [-0.05, 0) is 37.5 Å². The topological polar surface area (TPSA) is 77.9 Å². The smallest absolute Gasteiger partial charge is 0.266 e. The van der Waals surface area contributed by atoms with E-state index in [1.165, 1.54) is 11.8 Å². The van der Waals surface area contributed by atoms with Crippen LogP contribution in [0.25, 0.3) is 0 Å². The zero-order chi connectivity index (χ0) is 17.0. The summed E-state index contributed by atoms with van der Waals surface area (Å²) in [6.07, 6.45) is 8.44. The fourth-order valence-electron chi connectivity index (χ4n) is 2.18. The molecule has 0 aromatic carbocycles. The summed E-state index contributed by atoms with van der Waals surface area (Å²) in [6.45, 7) is 3.10. The van der Waals surface area contributed by atoms with E-state index in [1.54, 1.807) is 4.90 Å². The van der Waals surface area contributed by atoms with E-state index < -0.39 is 10.1 Å². The minimum atomic E-state index is -3.89. The Morgan fingerprint density at radius 2 is 1.88 bits per heavy atom. The van der Waals surface area contributed by atoms with Crippen LogP contribution >= 0.6 is 24.0 Å². The molecule has 1 amide bonds. The van der Waals surface area contributed by atoms with Gasteiger partial charge in [0.25, 0.3) is 16.0 Å². The summed E-state index contributed by atoms with van der Waals surface area (Å²) < 4.78 is 30.5. The molecule has 0 aliphatic carbocycles. The van der Waals surface area contributed by atoms with E-state index >= 15 is 0 Å². The van der Waals surface area contributed by atoms with Gasteiger partial charge in [0, 0.05) is 55.0 Å². The van der Waals surface area contributed by atoms with Gasteiger partial charge in [0.15, 0.2) is 0 Å². The number of allylic oxidation sites excluding steroid dienone is 3. The van der Waals surface area contributed by atoms with Crippen LogP contribution in [0.4, 0.5) is 0 Å². The van der Waals surface area contributed by atoms with Crippen LogP contribution in [0.3, 0.4) is 0 Å². The molecule has 0 unspecified atom stereocenters. The molecule has 2 aliphatic heterocycles. The number of carbonyl (C=O) groups excluding carboxylic acids is 1. The average Bonchev–Trinajstić information content (AvgIpc) is 2.78. The molecular formula is C14H18N2NaO4S3. The monoisotopic (exact) mass is 397 g/mol. The molecule has 6 nitrogen and oxygen atoms in total. The fourth-order valence-corrected chi connectivity index (χ4v) is 4.16. The normalized spacial score (nSPS) is 17.8. The zero-order valence-electron chi connectivity index (χ0n) is 13.6. The molecule has 24 heavy (non-hydrogen) atoms. The molecule has 1 N–H and O–H groups in total. The largest absolute Gasteiger partial charge is 0.354 e. The van der Waals surface area contributed by atoms with Crippen LogP contribution in [0, 0.1) is 0 Å². The van der Waals surface area contributed by atoms with Crippen LogP contribution < -0.4 is 0 Å². The quantitative estimate of drug-likeness (QED) is 0.241. The summed E-state index contributed by atoms with van der Waals surface area (Å²) in [5, 5.41) is 0. The Bertz CT molecular complexity index is 685. The summed E-state index contributed by atoms with van der Waals surface area (Å²) >= 11 is 6.50. The van der Waals surface area contributed by atoms with Crippen LogP contribution in [-0.4, -0.2) is 81.4 Å². The Morgan fingerprint density at radius 1 is 1.25 bits per heavy atom. The Hall–Kier alpha value is -0.160. The van der Waals surface area contributed by atoms with Gasteiger partial charge in [-0.2, -0.15) is 8.42 Å². The maximum Gasteiger partial charge on any atom is 0.266 e. The Morgan fingerprint density at radius 3 is 2.38 bits per heavy atom. The SMILES string of the molecule is CCN1C(=O)C(=C2C=CN(CCCCS(=O)(=O)O)C=C2)SC1=S.[Na]. The molecule has 127 valence electrons. The molecular weight excluding hydrogens is 379 g/mol.